The third-order valence-corrected chi connectivity index (χ3v) is 2.75. The number of nitriles is 1. The summed E-state index contributed by atoms with van der Waals surface area (Å²) in [5.41, 5.74) is 0.706. The molecule has 0 bridgehead atoms. The second kappa shape index (κ2) is 6.50. The summed E-state index contributed by atoms with van der Waals surface area (Å²) in [4.78, 5) is 0. The van der Waals surface area contributed by atoms with Crippen molar-refractivity contribution in [2.45, 2.75) is 18.6 Å². The number of benzene rings is 1. The summed E-state index contributed by atoms with van der Waals surface area (Å²) in [5, 5.41) is 28.6. The van der Waals surface area contributed by atoms with Crippen LogP contribution in [-0.4, -0.2) is 29.2 Å². The molecule has 4 nitrogen and oxygen atoms in total. The van der Waals surface area contributed by atoms with Crippen molar-refractivity contribution in [3.8, 4) is 11.8 Å². The topological polar surface area (TPSA) is 73.5 Å². The van der Waals surface area contributed by atoms with Gasteiger partial charge in [0.05, 0.1) is 24.8 Å². The molecule has 5 heteroatoms. The number of thiol groups is 1. The Kier molecular flexibility index (Phi) is 5.29. The standard InChI is InChI=1S/C12H15NO3S/c1-16-9-3-2-8(7-13)10(6-9)12(15)11(14)4-5-17/h2-3,6,11-12,14-15,17H,4-5H2,1H3. The molecule has 17 heavy (non-hydrogen) atoms. The largest absolute Gasteiger partial charge is 0.497 e. The zero-order valence-electron chi connectivity index (χ0n) is 9.50. The Morgan fingerprint density at radius 2 is 2.18 bits per heavy atom. The van der Waals surface area contributed by atoms with E-state index in [4.69, 9.17) is 10.00 Å². The maximum atomic E-state index is 9.96. The van der Waals surface area contributed by atoms with Crippen molar-refractivity contribution < 1.29 is 14.9 Å². The molecular weight excluding hydrogens is 238 g/mol. The molecule has 0 amide bonds. The van der Waals surface area contributed by atoms with Crippen LogP contribution in [0.1, 0.15) is 23.7 Å². The summed E-state index contributed by atoms with van der Waals surface area (Å²) in [5.74, 6) is 1.00. The van der Waals surface area contributed by atoms with Crippen LogP contribution in [0.15, 0.2) is 18.2 Å². The summed E-state index contributed by atoms with van der Waals surface area (Å²) in [6, 6.07) is 6.74. The van der Waals surface area contributed by atoms with Gasteiger partial charge >= 0.3 is 0 Å². The van der Waals surface area contributed by atoms with E-state index in [0.717, 1.165) is 0 Å². The van der Waals surface area contributed by atoms with Crippen LogP contribution in [0.5, 0.6) is 5.75 Å². The molecule has 0 aliphatic carbocycles. The predicted molar refractivity (Wildman–Crippen MR) is 67.1 cm³/mol. The molecule has 0 saturated heterocycles. The number of hydrogen-bond donors (Lipinski definition) is 3. The van der Waals surface area contributed by atoms with E-state index in [0.29, 0.717) is 29.1 Å². The Morgan fingerprint density at radius 3 is 2.71 bits per heavy atom. The van der Waals surface area contributed by atoms with E-state index in [9.17, 15) is 10.2 Å². The van der Waals surface area contributed by atoms with Gasteiger partial charge in [0.2, 0.25) is 0 Å². The van der Waals surface area contributed by atoms with E-state index in [-0.39, 0.29) is 0 Å². The number of rotatable bonds is 5. The molecule has 0 spiro atoms. The second-order valence-electron chi connectivity index (χ2n) is 3.59. The Hall–Kier alpha value is -1.22. The van der Waals surface area contributed by atoms with E-state index in [1.165, 1.54) is 7.11 Å². The number of hydrogen-bond acceptors (Lipinski definition) is 5. The lowest BCUT2D eigenvalue weighted by molar-refractivity contribution is 0.0170. The van der Waals surface area contributed by atoms with Gasteiger partial charge in [0, 0.05) is 5.56 Å². The van der Waals surface area contributed by atoms with Crippen molar-refractivity contribution in [3.63, 3.8) is 0 Å². The van der Waals surface area contributed by atoms with Gasteiger partial charge < -0.3 is 14.9 Å². The number of methoxy groups -OCH3 is 1. The van der Waals surface area contributed by atoms with Crippen molar-refractivity contribution >= 4 is 12.6 Å². The van der Waals surface area contributed by atoms with Crippen LogP contribution in [0.3, 0.4) is 0 Å². The highest BCUT2D eigenvalue weighted by molar-refractivity contribution is 7.80. The number of ether oxygens (including phenoxy) is 1. The van der Waals surface area contributed by atoms with Crippen molar-refractivity contribution in [2.24, 2.45) is 0 Å². The zero-order valence-corrected chi connectivity index (χ0v) is 10.4. The quantitative estimate of drug-likeness (QED) is 0.691. The molecule has 0 aliphatic heterocycles. The normalized spacial score (nSPS) is 13.8. The van der Waals surface area contributed by atoms with Gasteiger partial charge in [0.1, 0.15) is 11.9 Å². The fourth-order valence-electron chi connectivity index (χ4n) is 1.51. The first-order valence-corrected chi connectivity index (χ1v) is 5.82. The molecule has 1 rings (SSSR count). The van der Waals surface area contributed by atoms with E-state index in [1.807, 2.05) is 6.07 Å². The third kappa shape index (κ3) is 3.37. The highest BCUT2D eigenvalue weighted by atomic mass is 32.1. The predicted octanol–water partition coefficient (Wildman–Crippen LogP) is 1.28. The first kappa shape index (κ1) is 13.8. The van der Waals surface area contributed by atoms with Gasteiger partial charge in [-0.1, -0.05) is 0 Å². The molecule has 0 heterocycles. The summed E-state index contributed by atoms with van der Waals surface area (Å²) in [6.07, 6.45) is -1.69. The van der Waals surface area contributed by atoms with Crippen LogP contribution in [-0.2, 0) is 0 Å². The summed E-state index contributed by atoms with van der Waals surface area (Å²) >= 11 is 3.99. The molecule has 0 aromatic heterocycles. The molecule has 0 saturated carbocycles. The van der Waals surface area contributed by atoms with Gasteiger partial charge in [-0.15, -0.1) is 0 Å². The molecule has 0 fully saturated rings. The Labute approximate surface area is 106 Å². The summed E-state index contributed by atoms with van der Waals surface area (Å²) < 4.78 is 5.03. The van der Waals surface area contributed by atoms with Gasteiger partial charge in [-0.05, 0) is 30.4 Å². The van der Waals surface area contributed by atoms with Crippen LogP contribution < -0.4 is 4.74 Å². The van der Waals surface area contributed by atoms with Gasteiger partial charge in [0.15, 0.2) is 0 Å². The maximum Gasteiger partial charge on any atom is 0.119 e. The van der Waals surface area contributed by atoms with Crippen LogP contribution in [0.25, 0.3) is 0 Å². The van der Waals surface area contributed by atoms with Gasteiger partial charge in [0.25, 0.3) is 0 Å². The van der Waals surface area contributed by atoms with Gasteiger partial charge in [-0.2, -0.15) is 17.9 Å². The third-order valence-electron chi connectivity index (χ3n) is 2.49. The molecule has 0 radical (unpaired) electrons. The van der Waals surface area contributed by atoms with Crippen molar-refractivity contribution in [1.82, 2.24) is 0 Å². The molecule has 2 unspecified atom stereocenters. The van der Waals surface area contributed by atoms with Crippen molar-refractivity contribution in [1.29, 1.82) is 5.26 Å². The molecule has 92 valence electrons. The maximum absolute atomic E-state index is 9.96. The molecule has 0 aliphatic rings. The number of nitrogens with zero attached hydrogens (tertiary/aromatic N) is 1. The Morgan fingerprint density at radius 1 is 1.47 bits per heavy atom. The minimum Gasteiger partial charge on any atom is -0.497 e. The van der Waals surface area contributed by atoms with E-state index >= 15 is 0 Å². The highest BCUT2D eigenvalue weighted by Crippen LogP contribution is 2.26. The van der Waals surface area contributed by atoms with Crippen LogP contribution in [0, 0.1) is 11.3 Å². The fourth-order valence-corrected chi connectivity index (χ4v) is 1.78. The molecule has 2 N–H and O–H groups in total. The first-order valence-electron chi connectivity index (χ1n) is 5.19. The van der Waals surface area contributed by atoms with Crippen LogP contribution in [0.4, 0.5) is 0 Å². The van der Waals surface area contributed by atoms with Gasteiger partial charge in [-0.3, -0.25) is 0 Å². The van der Waals surface area contributed by atoms with E-state index in [1.54, 1.807) is 18.2 Å². The minimum atomic E-state index is -1.10. The SMILES string of the molecule is COc1ccc(C#N)c(C(O)C(O)CCS)c1. The molecule has 1 aromatic carbocycles. The molecular formula is C12H15NO3S. The fraction of sp³-hybridized carbons (Fsp3) is 0.417. The van der Waals surface area contributed by atoms with Crippen LogP contribution in [0.2, 0.25) is 0 Å². The highest BCUT2D eigenvalue weighted by Gasteiger charge is 2.21. The lowest BCUT2D eigenvalue weighted by atomic mass is 9.97. The van der Waals surface area contributed by atoms with Crippen molar-refractivity contribution in [3.05, 3.63) is 29.3 Å². The van der Waals surface area contributed by atoms with Crippen molar-refractivity contribution in [2.75, 3.05) is 12.9 Å². The lowest BCUT2D eigenvalue weighted by Crippen LogP contribution is -2.19. The van der Waals surface area contributed by atoms with E-state index in [2.05, 4.69) is 12.6 Å². The Bertz CT molecular complexity index is 417. The number of aliphatic hydroxyl groups excluding tert-OH is 2. The lowest BCUT2D eigenvalue weighted by Gasteiger charge is -2.19. The van der Waals surface area contributed by atoms with Gasteiger partial charge in [-0.25, -0.2) is 0 Å². The molecule has 2 atom stereocenters. The molecule has 1 aromatic rings. The monoisotopic (exact) mass is 253 g/mol. The smallest absolute Gasteiger partial charge is 0.119 e. The Balaban J connectivity index is 3.05. The average molecular weight is 253 g/mol. The summed E-state index contributed by atoms with van der Waals surface area (Å²) in [6.45, 7) is 0. The van der Waals surface area contributed by atoms with E-state index < -0.39 is 12.2 Å². The minimum absolute atomic E-state index is 0.330. The zero-order chi connectivity index (χ0) is 12.8. The summed E-state index contributed by atoms with van der Waals surface area (Å²) in [7, 11) is 1.50. The second-order valence-corrected chi connectivity index (χ2v) is 4.04. The number of aliphatic hydroxyl groups is 2. The first-order chi connectivity index (χ1) is 8.13. The van der Waals surface area contributed by atoms with Crippen LogP contribution >= 0.6 is 12.6 Å². The average Bonchev–Trinajstić information content (AvgIpc) is 2.37.